The first-order chi connectivity index (χ1) is 7.06. The summed E-state index contributed by atoms with van der Waals surface area (Å²) >= 11 is 5.25. The van der Waals surface area contributed by atoms with Gasteiger partial charge in [0.05, 0.1) is 17.0 Å². The summed E-state index contributed by atoms with van der Waals surface area (Å²) in [4.78, 5) is 10.5. The third-order valence-corrected chi connectivity index (χ3v) is 1.71. The minimum absolute atomic E-state index is 0.0147. The number of rotatable bonds is 1. The number of alkyl halides is 1. The van der Waals surface area contributed by atoms with E-state index in [-0.39, 0.29) is 11.4 Å². The summed E-state index contributed by atoms with van der Waals surface area (Å²) in [5, 5.41) is 8.57. The topological polar surface area (TPSA) is 37.3 Å². The lowest BCUT2D eigenvalue weighted by Gasteiger charge is -1.99. The fourth-order valence-corrected chi connectivity index (χ4v) is 1.00. The van der Waals surface area contributed by atoms with E-state index in [1.807, 2.05) is 0 Å². The number of aromatic carboxylic acids is 1. The van der Waals surface area contributed by atoms with Crippen molar-refractivity contribution in [2.45, 2.75) is 0 Å². The molecule has 0 aliphatic carbocycles. The van der Waals surface area contributed by atoms with Gasteiger partial charge in [-0.2, -0.15) is 0 Å². The first-order valence-electron chi connectivity index (χ1n) is 3.83. The lowest BCUT2D eigenvalue weighted by molar-refractivity contribution is 0.0691. The molecule has 0 heterocycles. The van der Waals surface area contributed by atoms with Crippen LogP contribution in [0.2, 0.25) is 0 Å². The van der Waals surface area contributed by atoms with Crippen LogP contribution in [0.15, 0.2) is 12.1 Å². The van der Waals surface area contributed by atoms with Crippen molar-refractivity contribution >= 4 is 17.6 Å². The molecule has 5 heteroatoms. The Hall–Kier alpha value is -1.60. The van der Waals surface area contributed by atoms with Gasteiger partial charge in [0.2, 0.25) is 0 Å². The van der Waals surface area contributed by atoms with Crippen molar-refractivity contribution < 1.29 is 18.7 Å². The van der Waals surface area contributed by atoms with Crippen LogP contribution in [0.5, 0.6) is 0 Å². The Balaban J connectivity index is 3.29. The van der Waals surface area contributed by atoms with E-state index in [1.54, 1.807) is 0 Å². The summed E-state index contributed by atoms with van der Waals surface area (Å²) in [6, 6.07) is 1.33. The van der Waals surface area contributed by atoms with E-state index >= 15 is 0 Å². The molecule has 0 atom stereocenters. The molecule has 0 aliphatic heterocycles. The fourth-order valence-electron chi connectivity index (χ4n) is 0.937. The predicted molar refractivity (Wildman–Crippen MR) is 50.9 cm³/mol. The van der Waals surface area contributed by atoms with Crippen LogP contribution in [-0.2, 0) is 0 Å². The SMILES string of the molecule is O=C(O)c1cc(C#CCCl)c(F)cc1F. The molecule has 0 aromatic heterocycles. The largest absolute Gasteiger partial charge is 0.478 e. The Bertz CT molecular complexity index is 460. The molecule has 0 unspecified atom stereocenters. The summed E-state index contributed by atoms with van der Waals surface area (Å²) in [6.45, 7) is 0. The smallest absolute Gasteiger partial charge is 0.338 e. The minimum atomic E-state index is -1.47. The number of carboxylic acids is 1. The van der Waals surface area contributed by atoms with E-state index in [0.29, 0.717) is 6.07 Å². The van der Waals surface area contributed by atoms with Gasteiger partial charge in [-0.3, -0.25) is 0 Å². The second kappa shape index (κ2) is 4.76. The molecule has 2 nitrogen and oxygen atoms in total. The zero-order valence-corrected chi connectivity index (χ0v) is 8.11. The molecule has 15 heavy (non-hydrogen) atoms. The van der Waals surface area contributed by atoms with Crippen molar-refractivity contribution in [2.75, 3.05) is 5.88 Å². The van der Waals surface area contributed by atoms with Crippen LogP contribution < -0.4 is 0 Å². The van der Waals surface area contributed by atoms with Gasteiger partial charge in [-0.15, -0.1) is 11.6 Å². The second-order valence-electron chi connectivity index (χ2n) is 2.55. The molecule has 0 spiro atoms. The zero-order valence-electron chi connectivity index (χ0n) is 7.35. The average Bonchev–Trinajstić information content (AvgIpc) is 2.16. The van der Waals surface area contributed by atoms with Crippen molar-refractivity contribution in [1.29, 1.82) is 0 Å². The molecule has 0 bridgehead atoms. The summed E-state index contributed by atoms with van der Waals surface area (Å²) in [5.74, 6) is 1.13. The lowest BCUT2D eigenvalue weighted by Crippen LogP contribution is -2.02. The lowest BCUT2D eigenvalue weighted by atomic mass is 10.1. The van der Waals surface area contributed by atoms with Gasteiger partial charge in [0.25, 0.3) is 0 Å². The number of carboxylic acid groups (broad SMARTS) is 1. The molecule has 0 amide bonds. The second-order valence-corrected chi connectivity index (χ2v) is 2.82. The maximum atomic E-state index is 13.0. The van der Waals surface area contributed by atoms with Crippen molar-refractivity contribution in [3.05, 3.63) is 34.9 Å². The van der Waals surface area contributed by atoms with Crippen molar-refractivity contribution in [2.24, 2.45) is 0 Å². The number of carbonyl (C=O) groups is 1. The maximum Gasteiger partial charge on any atom is 0.338 e. The third kappa shape index (κ3) is 2.67. The van der Waals surface area contributed by atoms with E-state index < -0.39 is 23.2 Å². The van der Waals surface area contributed by atoms with Crippen LogP contribution in [0.25, 0.3) is 0 Å². The highest BCUT2D eigenvalue weighted by molar-refractivity contribution is 6.19. The molecular formula is C10H5ClF2O2. The molecular weight excluding hydrogens is 226 g/mol. The Kier molecular flexibility index (Phi) is 3.64. The highest BCUT2D eigenvalue weighted by atomic mass is 35.5. The van der Waals surface area contributed by atoms with Gasteiger partial charge in [0.15, 0.2) is 0 Å². The molecule has 1 aromatic carbocycles. The molecule has 0 saturated carbocycles. The van der Waals surface area contributed by atoms with Crippen LogP contribution in [-0.4, -0.2) is 17.0 Å². The quantitative estimate of drug-likeness (QED) is 0.594. The summed E-state index contributed by atoms with van der Waals surface area (Å²) < 4.78 is 25.9. The standard InChI is InChI=1S/C10H5ClF2O2/c11-3-1-2-6-4-7(10(14)15)9(13)5-8(6)12/h4-5H,3H2,(H,14,15). The van der Waals surface area contributed by atoms with Gasteiger partial charge in [0, 0.05) is 6.07 Å². The molecule has 0 fully saturated rings. The fraction of sp³-hybridized carbons (Fsp3) is 0.100. The molecule has 0 saturated heterocycles. The minimum Gasteiger partial charge on any atom is -0.478 e. The van der Waals surface area contributed by atoms with Crippen molar-refractivity contribution in [3.8, 4) is 11.8 Å². The van der Waals surface area contributed by atoms with Gasteiger partial charge < -0.3 is 5.11 Å². The molecule has 0 aliphatic rings. The monoisotopic (exact) mass is 230 g/mol. The number of hydrogen-bond acceptors (Lipinski definition) is 1. The molecule has 1 rings (SSSR count). The number of halogens is 3. The van der Waals surface area contributed by atoms with Crippen LogP contribution >= 0.6 is 11.6 Å². The van der Waals surface area contributed by atoms with Gasteiger partial charge in [0.1, 0.15) is 11.6 Å². The number of benzene rings is 1. The Labute approximate surface area is 89.5 Å². The van der Waals surface area contributed by atoms with E-state index in [9.17, 15) is 13.6 Å². The Morgan fingerprint density at radius 2 is 2.07 bits per heavy atom. The van der Waals surface area contributed by atoms with Crippen LogP contribution in [0.1, 0.15) is 15.9 Å². The highest BCUT2D eigenvalue weighted by Crippen LogP contribution is 2.14. The maximum absolute atomic E-state index is 13.0. The predicted octanol–water partition coefficient (Wildman–Crippen LogP) is 2.25. The van der Waals surface area contributed by atoms with E-state index in [1.165, 1.54) is 0 Å². The van der Waals surface area contributed by atoms with Crippen LogP contribution in [0.3, 0.4) is 0 Å². The summed E-state index contributed by atoms with van der Waals surface area (Å²) in [6.07, 6.45) is 0. The Morgan fingerprint density at radius 1 is 1.40 bits per heavy atom. The van der Waals surface area contributed by atoms with Gasteiger partial charge in [-0.1, -0.05) is 11.8 Å². The van der Waals surface area contributed by atoms with Crippen molar-refractivity contribution in [1.82, 2.24) is 0 Å². The molecule has 78 valence electrons. The number of hydrogen-bond donors (Lipinski definition) is 1. The highest BCUT2D eigenvalue weighted by Gasteiger charge is 2.13. The van der Waals surface area contributed by atoms with Crippen LogP contribution in [0, 0.1) is 23.5 Å². The van der Waals surface area contributed by atoms with Crippen LogP contribution in [0.4, 0.5) is 8.78 Å². The van der Waals surface area contributed by atoms with E-state index in [2.05, 4.69) is 11.8 Å². The van der Waals surface area contributed by atoms with Gasteiger partial charge >= 0.3 is 5.97 Å². The van der Waals surface area contributed by atoms with E-state index in [4.69, 9.17) is 16.7 Å². The normalized spacial score (nSPS) is 9.27. The summed E-state index contributed by atoms with van der Waals surface area (Å²) in [5.41, 5.74) is -0.801. The van der Waals surface area contributed by atoms with E-state index in [0.717, 1.165) is 6.07 Å². The average molecular weight is 231 g/mol. The molecule has 1 aromatic rings. The first kappa shape index (κ1) is 11.5. The van der Waals surface area contributed by atoms with Crippen molar-refractivity contribution in [3.63, 3.8) is 0 Å². The summed E-state index contributed by atoms with van der Waals surface area (Å²) in [7, 11) is 0. The zero-order chi connectivity index (χ0) is 11.4. The van der Waals surface area contributed by atoms with Gasteiger partial charge in [-0.05, 0) is 6.07 Å². The van der Waals surface area contributed by atoms with Gasteiger partial charge in [-0.25, -0.2) is 13.6 Å². The third-order valence-electron chi connectivity index (χ3n) is 1.58. The first-order valence-corrected chi connectivity index (χ1v) is 4.37. The Morgan fingerprint density at radius 3 is 2.60 bits per heavy atom. The molecule has 0 radical (unpaired) electrons. The molecule has 1 N–H and O–H groups in total.